The Morgan fingerprint density at radius 2 is 1.91 bits per heavy atom. The second-order valence-corrected chi connectivity index (χ2v) is 10.7. The van der Waals surface area contributed by atoms with Crippen molar-refractivity contribution in [3.63, 3.8) is 0 Å². The maximum atomic E-state index is 13.0. The third-order valence-corrected chi connectivity index (χ3v) is 7.86. The Morgan fingerprint density at radius 1 is 1.14 bits per heavy atom. The summed E-state index contributed by atoms with van der Waals surface area (Å²) in [5.74, 6) is 1.04. The highest BCUT2D eigenvalue weighted by molar-refractivity contribution is 7.89. The van der Waals surface area contributed by atoms with Crippen molar-refractivity contribution < 1.29 is 32.6 Å². The highest BCUT2D eigenvalue weighted by Crippen LogP contribution is 2.39. The van der Waals surface area contributed by atoms with Gasteiger partial charge in [-0.25, -0.2) is 17.5 Å². The number of nitrogens with zero attached hydrogens (tertiary/aromatic N) is 2. The molecule has 0 spiro atoms. The van der Waals surface area contributed by atoms with E-state index in [4.69, 9.17) is 9.47 Å². The van der Waals surface area contributed by atoms with E-state index in [2.05, 4.69) is 0 Å². The Bertz CT molecular complexity index is 1180. The van der Waals surface area contributed by atoms with Gasteiger partial charge in [0.25, 0.3) is 0 Å². The zero-order valence-corrected chi connectivity index (χ0v) is 21.1. The van der Waals surface area contributed by atoms with E-state index in [-0.39, 0.29) is 11.4 Å². The Labute approximate surface area is 206 Å². The molecular formula is C25H32N2O7S. The second kappa shape index (κ2) is 11.5. The Hall–Kier alpha value is -3.11. The van der Waals surface area contributed by atoms with Gasteiger partial charge in [-0.15, -0.1) is 0 Å². The normalized spacial score (nSPS) is 12.8. The van der Waals surface area contributed by atoms with Crippen molar-refractivity contribution in [2.45, 2.75) is 37.0 Å². The molecule has 0 saturated heterocycles. The molecular weight excluding hydrogens is 472 g/mol. The number of carbonyl (C=O) groups is 2. The third-order valence-electron chi connectivity index (χ3n) is 6.04. The predicted octanol–water partition coefficient (Wildman–Crippen LogP) is 3.44. The molecule has 1 heterocycles. The van der Waals surface area contributed by atoms with Crippen LogP contribution >= 0.6 is 0 Å². The Kier molecular flexibility index (Phi) is 8.74. The summed E-state index contributed by atoms with van der Waals surface area (Å²) in [7, 11) is 0.823. The number of hydrogen-bond acceptors (Lipinski definition) is 6. The lowest BCUT2D eigenvalue weighted by Gasteiger charge is -2.20. The highest BCUT2D eigenvalue weighted by Gasteiger charge is 2.28. The van der Waals surface area contributed by atoms with Crippen molar-refractivity contribution in [3.05, 3.63) is 41.5 Å². The number of rotatable bonds is 12. The van der Waals surface area contributed by atoms with E-state index in [1.165, 1.54) is 23.3 Å². The van der Waals surface area contributed by atoms with Crippen LogP contribution in [0.15, 0.2) is 35.2 Å². The summed E-state index contributed by atoms with van der Waals surface area (Å²) in [6.45, 7) is 1.05. The maximum Gasteiger partial charge on any atom is 0.407 e. The van der Waals surface area contributed by atoms with Crippen molar-refractivity contribution >= 4 is 22.4 Å². The van der Waals surface area contributed by atoms with Gasteiger partial charge in [0.2, 0.25) is 10.0 Å². The van der Waals surface area contributed by atoms with Crippen molar-refractivity contribution in [2.75, 3.05) is 40.9 Å². The number of unbranched alkanes of at least 4 members (excludes halogenated alkanes) is 2. The number of amides is 1. The van der Waals surface area contributed by atoms with Gasteiger partial charge in [-0.2, -0.15) is 0 Å². The van der Waals surface area contributed by atoms with Crippen LogP contribution in [0.3, 0.4) is 0 Å². The lowest BCUT2D eigenvalue weighted by molar-refractivity contribution is -0.107. The number of ether oxygens (including phenoxy) is 2. The van der Waals surface area contributed by atoms with Crippen LogP contribution in [0.25, 0.3) is 11.1 Å². The molecule has 0 radical (unpaired) electrons. The molecule has 0 unspecified atom stereocenters. The lowest BCUT2D eigenvalue weighted by Crippen LogP contribution is -2.32. The number of aldehydes is 1. The predicted molar refractivity (Wildman–Crippen MR) is 132 cm³/mol. The number of benzene rings is 2. The lowest BCUT2D eigenvalue weighted by atomic mass is 9.98. The highest BCUT2D eigenvalue weighted by atomic mass is 32.2. The fourth-order valence-electron chi connectivity index (χ4n) is 4.07. The first-order valence-electron chi connectivity index (χ1n) is 11.5. The van der Waals surface area contributed by atoms with Crippen molar-refractivity contribution in [1.82, 2.24) is 9.21 Å². The van der Waals surface area contributed by atoms with Gasteiger partial charge in [0.15, 0.2) is 0 Å². The van der Waals surface area contributed by atoms with Crippen LogP contribution in [0.5, 0.6) is 11.5 Å². The number of carbonyl (C=O) groups excluding carboxylic acids is 1. The van der Waals surface area contributed by atoms with Crippen molar-refractivity contribution in [2.24, 2.45) is 0 Å². The minimum Gasteiger partial charge on any atom is -0.496 e. The van der Waals surface area contributed by atoms with E-state index in [9.17, 15) is 23.1 Å². The molecule has 0 bridgehead atoms. The van der Waals surface area contributed by atoms with Gasteiger partial charge in [-0.3, -0.25) is 0 Å². The maximum absolute atomic E-state index is 13.0. The zero-order valence-electron chi connectivity index (χ0n) is 20.3. The SMILES string of the molecule is COc1ccc(-c2cc3c(c(S(=O)(=O)N(C)C)c2)OCC3)cc1CCN(CCCCC=O)C(=O)O. The Morgan fingerprint density at radius 3 is 2.57 bits per heavy atom. The Balaban J connectivity index is 1.91. The summed E-state index contributed by atoms with van der Waals surface area (Å²) in [5.41, 5.74) is 3.20. The fraction of sp³-hybridized carbons (Fsp3) is 0.440. The zero-order chi connectivity index (χ0) is 25.6. The van der Waals surface area contributed by atoms with Gasteiger partial charge in [0.05, 0.1) is 13.7 Å². The van der Waals surface area contributed by atoms with E-state index >= 15 is 0 Å². The summed E-state index contributed by atoms with van der Waals surface area (Å²) < 4.78 is 38.2. The second-order valence-electron chi connectivity index (χ2n) is 8.56. The summed E-state index contributed by atoms with van der Waals surface area (Å²) >= 11 is 0. The average molecular weight is 505 g/mol. The van der Waals surface area contributed by atoms with Crippen LogP contribution in [0.2, 0.25) is 0 Å². The fourth-order valence-corrected chi connectivity index (χ4v) is 5.16. The molecule has 35 heavy (non-hydrogen) atoms. The first-order chi connectivity index (χ1) is 16.7. The molecule has 0 aliphatic carbocycles. The van der Waals surface area contributed by atoms with E-state index in [1.807, 2.05) is 24.3 Å². The molecule has 0 fully saturated rings. The first-order valence-corrected chi connectivity index (χ1v) is 12.9. The largest absolute Gasteiger partial charge is 0.496 e. The number of methoxy groups -OCH3 is 1. The number of carboxylic acid groups (broad SMARTS) is 1. The molecule has 1 amide bonds. The third kappa shape index (κ3) is 6.12. The summed E-state index contributed by atoms with van der Waals surface area (Å²) in [5, 5.41) is 9.56. The van der Waals surface area contributed by atoms with Gasteiger partial charge in [-0.05, 0) is 65.8 Å². The van der Waals surface area contributed by atoms with Crippen molar-refractivity contribution in [3.8, 4) is 22.6 Å². The van der Waals surface area contributed by atoms with Crippen LogP contribution in [0.1, 0.15) is 30.4 Å². The standard InChI is InChI=1S/C25H32N2O7S/c1-26(2)35(31,32)23-17-21(16-20-10-14-34-24(20)23)18-7-8-22(33-3)19(15-18)9-12-27(25(29)30)11-5-4-6-13-28/h7-8,13,15-17H,4-6,9-12,14H2,1-3H3,(H,29,30). The summed E-state index contributed by atoms with van der Waals surface area (Å²) in [6.07, 6.45) is 2.55. The molecule has 2 aromatic rings. The average Bonchev–Trinajstić information content (AvgIpc) is 3.31. The topological polar surface area (TPSA) is 113 Å². The summed E-state index contributed by atoms with van der Waals surface area (Å²) in [6, 6.07) is 9.15. The molecule has 1 aliphatic heterocycles. The van der Waals surface area contributed by atoms with Crippen LogP contribution < -0.4 is 9.47 Å². The quantitative estimate of drug-likeness (QED) is 0.348. The molecule has 0 saturated carbocycles. The minimum absolute atomic E-state index is 0.136. The van der Waals surface area contributed by atoms with Gasteiger partial charge in [0, 0.05) is 40.0 Å². The van der Waals surface area contributed by atoms with Crippen molar-refractivity contribution in [1.29, 1.82) is 0 Å². The van der Waals surface area contributed by atoms with Gasteiger partial charge in [-0.1, -0.05) is 6.07 Å². The minimum atomic E-state index is -3.71. The molecule has 2 aromatic carbocycles. The van der Waals surface area contributed by atoms with E-state index in [0.29, 0.717) is 56.8 Å². The van der Waals surface area contributed by atoms with Crippen LogP contribution in [0, 0.1) is 0 Å². The van der Waals surface area contributed by atoms with Crippen LogP contribution in [-0.4, -0.2) is 76.0 Å². The number of hydrogen-bond donors (Lipinski definition) is 1. The van der Waals surface area contributed by atoms with E-state index in [1.54, 1.807) is 13.2 Å². The van der Waals surface area contributed by atoms with E-state index < -0.39 is 16.1 Å². The van der Waals surface area contributed by atoms with Gasteiger partial charge in [0.1, 0.15) is 22.7 Å². The van der Waals surface area contributed by atoms with E-state index in [0.717, 1.165) is 28.5 Å². The molecule has 1 aliphatic rings. The molecule has 3 rings (SSSR count). The molecule has 0 aromatic heterocycles. The van der Waals surface area contributed by atoms with Crippen LogP contribution in [-0.2, 0) is 27.7 Å². The smallest absolute Gasteiger partial charge is 0.407 e. The van der Waals surface area contributed by atoms with Gasteiger partial charge >= 0.3 is 6.09 Å². The molecule has 9 nitrogen and oxygen atoms in total. The van der Waals surface area contributed by atoms with Crippen LogP contribution in [0.4, 0.5) is 4.79 Å². The summed E-state index contributed by atoms with van der Waals surface area (Å²) in [4.78, 5) is 23.6. The molecule has 10 heteroatoms. The molecule has 1 N–H and O–H groups in total. The number of sulfonamides is 1. The number of fused-ring (bicyclic) bond motifs is 1. The monoisotopic (exact) mass is 504 g/mol. The first kappa shape index (κ1) is 26.5. The molecule has 0 atom stereocenters. The molecule has 190 valence electrons. The van der Waals surface area contributed by atoms with Gasteiger partial charge < -0.3 is 24.3 Å².